The Labute approximate surface area is 110 Å². The quantitative estimate of drug-likeness (QED) is 0.806. The lowest BCUT2D eigenvalue weighted by atomic mass is 9.82. The van der Waals surface area contributed by atoms with Gasteiger partial charge in [-0.15, -0.1) is 0 Å². The lowest BCUT2D eigenvalue weighted by molar-refractivity contribution is -0.146. The second-order valence-electron chi connectivity index (χ2n) is 5.06. The van der Waals surface area contributed by atoms with Crippen LogP contribution in [0.5, 0.6) is 0 Å². The Morgan fingerprint density at radius 1 is 1.16 bits per heavy atom. The zero-order chi connectivity index (χ0) is 13.4. The van der Waals surface area contributed by atoms with Crippen LogP contribution in [0.3, 0.4) is 0 Å². The van der Waals surface area contributed by atoms with E-state index in [0.29, 0.717) is 5.69 Å². The number of hydrogen-bond acceptors (Lipinski definition) is 3. The van der Waals surface area contributed by atoms with E-state index in [1.54, 1.807) is 24.5 Å². The van der Waals surface area contributed by atoms with Gasteiger partial charge in [-0.3, -0.25) is 14.6 Å². The molecule has 1 heterocycles. The lowest BCUT2D eigenvalue weighted by Gasteiger charge is -2.23. The van der Waals surface area contributed by atoms with Crippen LogP contribution >= 0.6 is 0 Å². The molecule has 1 saturated carbocycles. The monoisotopic (exact) mass is 258 g/mol. The first-order chi connectivity index (χ1) is 9.16. The van der Waals surface area contributed by atoms with E-state index < -0.39 is 17.8 Å². The molecule has 0 unspecified atom stereocenters. The molecule has 2 bridgehead atoms. The van der Waals surface area contributed by atoms with Gasteiger partial charge < -0.3 is 10.4 Å². The lowest BCUT2D eigenvalue weighted by Crippen LogP contribution is -2.36. The molecule has 5 nitrogen and oxygen atoms in total. The standard InChI is InChI=1S/C14H14N2O3/c17-13(16-10-3-5-15-6-4-10)11-8-1-2-9(7-8)12(11)14(18)19/h1-6,8-9,11-12H,7H2,(H,18,19)(H,15,16,17)/t8-,9+,11+,12+/m1/s1. The van der Waals surface area contributed by atoms with Gasteiger partial charge in [0, 0.05) is 18.1 Å². The summed E-state index contributed by atoms with van der Waals surface area (Å²) in [6, 6.07) is 3.38. The van der Waals surface area contributed by atoms with Gasteiger partial charge in [-0.25, -0.2) is 0 Å². The van der Waals surface area contributed by atoms with Crippen molar-refractivity contribution in [1.82, 2.24) is 4.98 Å². The van der Waals surface area contributed by atoms with Crippen LogP contribution in [0, 0.1) is 23.7 Å². The first-order valence-electron chi connectivity index (χ1n) is 6.29. The van der Waals surface area contributed by atoms with Crippen LogP contribution in [0.4, 0.5) is 5.69 Å². The number of fused-ring (bicyclic) bond motifs is 2. The molecule has 3 rings (SSSR count). The van der Waals surface area contributed by atoms with Crippen LogP contribution in [-0.2, 0) is 9.59 Å². The number of nitrogens with one attached hydrogen (secondary N) is 1. The van der Waals surface area contributed by atoms with Crippen LogP contribution in [-0.4, -0.2) is 22.0 Å². The molecule has 1 aromatic rings. The maximum absolute atomic E-state index is 12.3. The molecule has 4 atom stereocenters. The highest BCUT2D eigenvalue weighted by molar-refractivity contribution is 5.96. The fourth-order valence-corrected chi connectivity index (χ4v) is 3.18. The molecular weight excluding hydrogens is 244 g/mol. The van der Waals surface area contributed by atoms with Crippen molar-refractivity contribution in [2.75, 3.05) is 5.32 Å². The Morgan fingerprint density at radius 3 is 2.42 bits per heavy atom. The number of amides is 1. The fourth-order valence-electron chi connectivity index (χ4n) is 3.18. The zero-order valence-electron chi connectivity index (χ0n) is 10.2. The Morgan fingerprint density at radius 2 is 1.79 bits per heavy atom. The highest BCUT2D eigenvalue weighted by atomic mass is 16.4. The minimum Gasteiger partial charge on any atom is -0.481 e. The van der Waals surface area contributed by atoms with Gasteiger partial charge in [-0.1, -0.05) is 12.2 Å². The predicted octanol–water partition coefficient (Wildman–Crippen LogP) is 1.54. The molecule has 19 heavy (non-hydrogen) atoms. The van der Waals surface area contributed by atoms with Crippen molar-refractivity contribution >= 4 is 17.6 Å². The normalized spacial score (nSPS) is 31.4. The van der Waals surface area contributed by atoms with E-state index in [1.165, 1.54) is 0 Å². The number of hydrogen-bond donors (Lipinski definition) is 2. The van der Waals surface area contributed by atoms with Crippen LogP contribution in [0.2, 0.25) is 0 Å². The Bertz CT molecular complexity index is 541. The second-order valence-corrected chi connectivity index (χ2v) is 5.06. The van der Waals surface area contributed by atoms with Crippen molar-refractivity contribution in [1.29, 1.82) is 0 Å². The van der Waals surface area contributed by atoms with Crippen LogP contribution < -0.4 is 5.32 Å². The molecule has 2 N–H and O–H groups in total. The highest BCUT2D eigenvalue weighted by Crippen LogP contribution is 2.48. The van der Waals surface area contributed by atoms with E-state index in [9.17, 15) is 14.7 Å². The molecule has 2 aliphatic rings. The number of anilines is 1. The summed E-state index contributed by atoms with van der Waals surface area (Å²) in [6.07, 6.45) is 7.85. The molecule has 0 saturated heterocycles. The summed E-state index contributed by atoms with van der Waals surface area (Å²) in [6.45, 7) is 0. The third kappa shape index (κ3) is 2.01. The van der Waals surface area contributed by atoms with Crippen molar-refractivity contribution in [3.05, 3.63) is 36.7 Å². The minimum atomic E-state index is -0.883. The number of aliphatic carboxylic acids is 1. The van der Waals surface area contributed by atoms with Crippen molar-refractivity contribution in [3.8, 4) is 0 Å². The SMILES string of the molecule is O=C(Nc1ccncc1)[C@@H]1[C@@H](C(=O)O)[C@H]2C=C[C@@H]1C2. The van der Waals surface area contributed by atoms with Gasteiger partial charge in [0.15, 0.2) is 0 Å². The van der Waals surface area contributed by atoms with Gasteiger partial charge in [0.1, 0.15) is 0 Å². The van der Waals surface area contributed by atoms with E-state index in [4.69, 9.17) is 0 Å². The maximum atomic E-state index is 12.3. The number of nitrogens with zero attached hydrogens (tertiary/aromatic N) is 1. The summed E-state index contributed by atoms with van der Waals surface area (Å²) in [5.41, 5.74) is 0.649. The van der Waals surface area contributed by atoms with Gasteiger partial charge in [0.25, 0.3) is 0 Å². The first-order valence-corrected chi connectivity index (χ1v) is 6.29. The number of carbonyl (C=O) groups excluding carboxylic acids is 1. The van der Waals surface area contributed by atoms with Crippen LogP contribution in [0.1, 0.15) is 6.42 Å². The van der Waals surface area contributed by atoms with E-state index in [2.05, 4.69) is 10.3 Å². The zero-order valence-corrected chi connectivity index (χ0v) is 10.2. The van der Waals surface area contributed by atoms with Gasteiger partial charge >= 0.3 is 5.97 Å². The summed E-state index contributed by atoms with van der Waals surface area (Å²) in [4.78, 5) is 27.5. The maximum Gasteiger partial charge on any atom is 0.307 e. The minimum absolute atomic E-state index is 0.00399. The van der Waals surface area contributed by atoms with Crippen molar-refractivity contribution in [2.45, 2.75) is 6.42 Å². The largest absolute Gasteiger partial charge is 0.481 e. The van der Waals surface area contributed by atoms with Crippen molar-refractivity contribution in [2.24, 2.45) is 23.7 Å². The number of pyridine rings is 1. The van der Waals surface area contributed by atoms with Crippen molar-refractivity contribution < 1.29 is 14.7 Å². The Balaban J connectivity index is 1.79. The Hall–Kier alpha value is -2.17. The summed E-state index contributed by atoms with van der Waals surface area (Å²) in [5, 5.41) is 12.1. The first kappa shape index (κ1) is 11.9. The number of allylic oxidation sites excluding steroid dienone is 2. The summed E-state index contributed by atoms with van der Waals surface area (Å²) < 4.78 is 0. The second kappa shape index (κ2) is 4.50. The molecule has 0 spiro atoms. The fraction of sp³-hybridized carbons (Fsp3) is 0.357. The predicted molar refractivity (Wildman–Crippen MR) is 68.2 cm³/mol. The summed E-state index contributed by atoms with van der Waals surface area (Å²) in [5.74, 6) is -2.12. The smallest absolute Gasteiger partial charge is 0.307 e. The average Bonchev–Trinajstić information content (AvgIpc) is 2.99. The molecule has 1 aromatic heterocycles. The van der Waals surface area contributed by atoms with Gasteiger partial charge in [-0.05, 0) is 30.4 Å². The van der Waals surface area contributed by atoms with E-state index in [-0.39, 0.29) is 17.7 Å². The number of rotatable bonds is 3. The molecular formula is C14H14N2O3. The summed E-state index contributed by atoms with van der Waals surface area (Å²) >= 11 is 0. The highest BCUT2D eigenvalue weighted by Gasteiger charge is 2.51. The summed E-state index contributed by atoms with van der Waals surface area (Å²) in [7, 11) is 0. The van der Waals surface area contributed by atoms with Gasteiger partial charge in [0.05, 0.1) is 11.8 Å². The molecule has 0 aromatic carbocycles. The van der Waals surface area contributed by atoms with E-state index >= 15 is 0 Å². The molecule has 98 valence electrons. The third-order valence-corrected chi connectivity index (χ3v) is 4.00. The van der Waals surface area contributed by atoms with E-state index in [0.717, 1.165) is 6.42 Å². The van der Waals surface area contributed by atoms with Crippen LogP contribution in [0.25, 0.3) is 0 Å². The number of aromatic nitrogens is 1. The van der Waals surface area contributed by atoms with Gasteiger partial charge in [0.2, 0.25) is 5.91 Å². The van der Waals surface area contributed by atoms with Crippen LogP contribution in [0.15, 0.2) is 36.7 Å². The molecule has 2 aliphatic carbocycles. The van der Waals surface area contributed by atoms with E-state index in [1.807, 2.05) is 12.2 Å². The number of carboxylic acids is 1. The molecule has 0 aliphatic heterocycles. The Kier molecular flexibility index (Phi) is 2.81. The number of carboxylic acid groups (broad SMARTS) is 1. The van der Waals surface area contributed by atoms with Crippen molar-refractivity contribution in [3.63, 3.8) is 0 Å². The average molecular weight is 258 g/mol. The molecule has 0 radical (unpaired) electrons. The topological polar surface area (TPSA) is 79.3 Å². The molecule has 5 heteroatoms. The molecule has 1 amide bonds. The third-order valence-electron chi connectivity index (χ3n) is 4.00. The van der Waals surface area contributed by atoms with Gasteiger partial charge in [-0.2, -0.15) is 0 Å². The number of carbonyl (C=O) groups is 2. The molecule has 1 fully saturated rings.